The van der Waals surface area contributed by atoms with E-state index in [1.807, 2.05) is 0 Å². The van der Waals surface area contributed by atoms with Crippen LogP contribution in [0.4, 0.5) is 0 Å². The number of rotatable bonds is 5. The first kappa shape index (κ1) is 11.8. The molecular formula is C6H14O6. The van der Waals surface area contributed by atoms with Gasteiger partial charge in [0.1, 0.15) is 18.3 Å². The predicted molar refractivity (Wildman–Crippen MR) is 38.3 cm³/mol. The summed E-state index contributed by atoms with van der Waals surface area (Å²) >= 11 is 0. The normalized spacial score (nSPS) is 21.5. The van der Waals surface area contributed by atoms with Gasteiger partial charge in [0.05, 0.1) is 12.7 Å². The van der Waals surface area contributed by atoms with Crippen LogP contribution in [0.5, 0.6) is 0 Å². The van der Waals surface area contributed by atoms with E-state index in [0.29, 0.717) is 0 Å². The minimum atomic E-state index is -1.53. The summed E-state index contributed by atoms with van der Waals surface area (Å²) in [7, 11) is 0. The van der Waals surface area contributed by atoms with Crippen molar-refractivity contribution < 1.29 is 30.6 Å². The molecule has 0 aliphatic rings. The zero-order chi connectivity index (χ0) is 9.72. The van der Waals surface area contributed by atoms with Crippen molar-refractivity contribution in [2.24, 2.45) is 0 Å². The van der Waals surface area contributed by atoms with Crippen LogP contribution in [0, 0.1) is 0 Å². The third kappa shape index (κ3) is 3.02. The first-order valence-corrected chi connectivity index (χ1v) is 3.49. The van der Waals surface area contributed by atoms with E-state index in [0.717, 1.165) is 0 Å². The molecule has 0 saturated heterocycles. The Morgan fingerprint density at radius 1 is 1.17 bits per heavy atom. The van der Waals surface area contributed by atoms with Gasteiger partial charge in [-0.25, -0.2) is 4.89 Å². The van der Waals surface area contributed by atoms with Crippen LogP contribution in [0.15, 0.2) is 0 Å². The van der Waals surface area contributed by atoms with Crippen molar-refractivity contribution in [3.63, 3.8) is 0 Å². The summed E-state index contributed by atoms with van der Waals surface area (Å²) in [4.78, 5) is 3.66. The molecular weight excluding hydrogens is 168 g/mol. The Labute approximate surface area is 69.6 Å². The van der Waals surface area contributed by atoms with Crippen LogP contribution in [0.1, 0.15) is 6.92 Å². The van der Waals surface area contributed by atoms with E-state index < -0.39 is 31.0 Å². The van der Waals surface area contributed by atoms with Gasteiger partial charge in [-0.1, -0.05) is 0 Å². The number of aliphatic hydroxyl groups is 4. The van der Waals surface area contributed by atoms with Crippen molar-refractivity contribution in [2.75, 3.05) is 6.61 Å². The van der Waals surface area contributed by atoms with Gasteiger partial charge in [-0.2, -0.15) is 0 Å². The summed E-state index contributed by atoms with van der Waals surface area (Å²) in [6.45, 7) is 0.612. The maximum atomic E-state index is 9.09. The number of aliphatic hydroxyl groups excluding tert-OH is 4. The van der Waals surface area contributed by atoms with Crippen LogP contribution in [-0.2, 0) is 4.89 Å². The molecule has 4 unspecified atom stereocenters. The molecule has 0 heterocycles. The molecule has 4 atom stereocenters. The van der Waals surface area contributed by atoms with Gasteiger partial charge >= 0.3 is 0 Å². The number of hydrogen-bond acceptors (Lipinski definition) is 6. The van der Waals surface area contributed by atoms with E-state index >= 15 is 0 Å². The molecule has 0 aromatic carbocycles. The lowest BCUT2D eigenvalue weighted by Gasteiger charge is -2.24. The molecule has 0 saturated carbocycles. The molecule has 0 radical (unpaired) electrons. The topological polar surface area (TPSA) is 110 Å². The molecule has 0 aromatic heterocycles. The highest BCUT2D eigenvalue weighted by Gasteiger charge is 2.29. The number of hydrogen-bond donors (Lipinski definition) is 5. The van der Waals surface area contributed by atoms with Crippen molar-refractivity contribution in [2.45, 2.75) is 31.3 Å². The lowest BCUT2D eigenvalue weighted by atomic mass is 10.0. The highest BCUT2D eigenvalue weighted by atomic mass is 17.1. The van der Waals surface area contributed by atoms with Gasteiger partial charge in [-0.3, -0.25) is 5.26 Å². The molecule has 6 nitrogen and oxygen atoms in total. The van der Waals surface area contributed by atoms with Gasteiger partial charge in [0.15, 0.2) is 0 Å². The standard InChI is InChI=1S/C6H14O6/c1-3(8)5(9)6(10)4(2-7)12-11/h3-11H,2H2,1H3. The molecule has 0 bridgehead atoms. The molecule has 0 aliphatic heterocycles. The largest absolute Gasteiger partial charge is 0.393 e. The Bertz CT molecular complexity index is 111. The van der Waals surface area contributed by atoms with Crippen LogP contribution in [0.3, 0.4) is 0 Å². The van der Waals surface area contributed by atoms with Crippen LogP contribution < -0.4 is 0 Å². The predicted octanol–water partition coefficient (Wildman–Crippen LogP) is -2.06. The summed E-state index contributed by atoms with van der Waals surface area (Å²) in [5.41, 5.74) is 0. The van der Waals surface area contributed by atoms with Gasteiger partial charge in [-0.15, -0.1) is 0 Å². The molecule has 0 fully saturated rings. The zero-order valence-corrected chi connectivity index (χ0v) is 6.66. The fraction of sp³-hybridized carbons (Fsp3) is 1.00. The van der Waals surface area contributed by atoms with Gasteiger partial charge in [0, 0.05) is 0 Å². The highest BCUT2D eigenvalue weighted by Crippen LogP contribution is 2.06. The Morgan fingerprint density at radius 2 is 1.67 bits per heavy atom. The fourth-order valence-electron chi connectivity index (χ4n) is 0.709. The Kier molecular flexibility index (Phi) is 5.31. The monoisotopic (exact) mass is 182 g/mol. The van der Waals surface area contributed by atoms with Crippen LogP contribution >= 0.6 is 0 Å². The summed E-state index contributed by atoms with van der Waals surface area (Å²) in [6.07, 6.45) is -5.46. The fourth-order valence-corrected chi connectivity index (χ4v) is 0.709. The van der Waals surface area contributed by atoms with Gasteiger partial charge in [-0.05, 0) is 6.92 Å². The summed E-state index contributed by atoms with van der Waals surface area (Å²) in [5, 5.41) is 43.5. The maximum Gasteiger partial charge on any atom is 0.144 e. The van der Waals surface area contributed by atoms with Gasteiger partial charge in [0.25, 0.3) is 0 Å². The molecule has 0 rings (SSSR count). The summed E-state index contributed by atoms with van der Waals surface area (Å²) in [6, 6.07) is 0. The van der Waals surface area contributed by atoms with E-state index in [1.165, 1.54) is 6.92 Å². The average molecular weight is 182 g/mol. The van der Waals surface area contributed by atoms with Crippen LogP contribution in [0.2, 0.25) is 0 Å². The third-order valence-electron chi connectivity index (χ3n) is 1.54. The third-order valence-corrected chi connectivity index (χ3v) is 1.54. The van der Waals surface area contributed by atoms with E-state index in [4.69, 9.17) is 25.7 Å². The Balaban J connectivity index is 4.05. The van der Waals surface area contributed by atoms with E-state index in [9.17, 15) is 0 Å². The zero-order valence-electron chi connectivity index (χ0n) is 6.66. The van der Waals surface area contributed by atoms with Crippen LogP contribution in [-0.4, -0.2) is 56.7 Å². The molecule has 0 aromatic rings. The minimum absolute atomic E-state index is 0.651. The second-order valence-corrected chi connectivity index (χ2v) is 2.55. The van der Waals surface area contributed by atoms with Gasteiger partial charge < -0.3 is 20.4 Å². The average Bonchev–Trinajstić information content (AvgIpc) is 2.05. The van der Waals surface area contributed by atoms with Crippen molar-refractivity contribution >= 4 is 0 Å². The molecule has 0 amide bonds. The van der Waals surface area contributed by atoms with E-state index in [-0.39, 0.29) is 0 Å². The lowest BCUT2D eigenvalue weighted by Crippen LogP contribution is -2.45. The first-order valence-electron chi connectivity index (χ1n) is 3.49. The first-order chi connectivity index (χ1) is 5.54. The SMILES string of the molecule is CC(O)C(O)C(O)C(CO)OO. The minimum Gasteiger partial charge on any atom is -0.393 e. The lowest BCUT2D eigenvalue weighted by molar-refractivity contribution is -0.311. The van der Waals surface area contributed by atoms with Crippen molar-refractivity contribution in [3.8, 4) is 0 Å². The van der Waals surface area contributed by atoms with Crippen molar-refractivity contribution in [3.05, 3.63) is 0 Å². The highest BCUT2D eigenvalue weighted by molar-refractivity contribution is 4.78. The summed E-state index contributed by atoms with van der Waals surface area (Å²) < 4.78 is 0. The Hall–Kier alpha value is -0.240. The molecule has 74 valence electrons. The summed E-state index contributed by atoms with van der Waals surface area (Å²) in [5.74, 6) is 0. The Morgan fingerprint density at radius 3 is 1.92 bits per heavy atom. The van der Waals surface area contributed by atoms with Crippen molar-refractivity contribution in [1.82, 2.24) is 0 Å². The quantitative estimate of drug-likeness (QED) is 0.247. The molecule has 0 aliphatic carbocycles. The van der Waals surface area contributed by atoms with E-state index in [1.54, 1.807) is 0 Å². The molecule has 5 N–H and O–H groups in total. The van der Waals surface area contributed by atoms with E-state index in [2.05, 4.69) is 4.89 Å². The molecule has 6 heteroatoms. The maximum absolute atomic E-state index is 9.09. The molecule has 0 spiro atoms. The van der Waals surface area contributed by atoms with Crippen LogP contribution in [0.25, 0.3) is 0 Å². The molecule has 12 heavy (non-hydrogen) atoms. The van der Waals surface area contributed by atoms with Gasteiger partial charge in [0.2, 0.25) is 0 Å². The van der Waals surface area contributed by atoms with Crippen molar-refractivity contribution in [1.29, 1.82) is 0 Å². The second-order valence-electron chi connectivity index (χ2n) is 2.55. The smallest absolute Gasteiger partial charge is 0.144 e. The second kappa shape index (κ2) is 5.41.